The summed E-state index contributed by atoms with van der Waals surface area (Å²) in [5, 5.41) is 21.8. The molecule has 2 heterocycles. The number of phenols is 1. The maximum absolute atomic E-state index is 12.3. The van der Waals surface area contributed by atoms with Crippen LogP contribution < -0.4 is 5.32 Å². The number of unbranched alkanes of at least 4 members (excludes halogenated alkanes) is 12. The van der Waals surface area contributed by atoms with Crippen LogP contribution in [-0.4, -0.2) is 30.8 Å². The summed E-state index contributed by atoms with van der Waals surface area (Å²) in [6.45, 7) is 8.83. The molecule has 0 unspecified atom stereocenters. The minimum atomic E-state index is -0.166. The van der Waals surface area contributed by atoms with Crippen molar-refractivity contribution in [2.24, 2.45) is 0 Å². The normalized spacial score (nSPS) is 11.9. The van der Waals surface area contributed by atoms with E-state index in [9.17, 15) is 9.90 Å². The number of halogens is 1. The molecule has 3 rings (SSSR count). The van der Waals surface area contributed by atoms with E-state index in [1.807, 2.05) is 6.07 Å². The van der Waals surface area contributed by atoms with Crippen LogP contribution in [0.3, 0.4) is 0 Å². The van der Waals surface area contributed by atoms with Gasteiger partial charge in [-0.05, 0) is 24.1 Å². The molecule has 0 radical (unpaired) electrons. The Labute approximate surface area is 239 Å². The van der Waals surface area contributed by atoms with Crippen LogP contribution in [0.4, 0.5) is 0 Å². The third-order valence-corrected chi connectivity index (χ3v) is 7.65. The molecule has 1 aromatic carbocycles. The van der Waals surface area contributed by atoms with Crippen LogP contribution in [0.5, 0.6) is 5.75 Å². The number of H-pyrrole nitrogens is 1. The van der Waals surface area contributed by atoms with Gasteiger partial charge in [-0.3, -0.25) is 9.89 Å². The van der Waals surface area contributed by atoms with Crippen molar-refractivity contribution in [1.29, 1.82) is 0 Å². The van der Waals surface area contributed by atoms with Gasteiger partial charge in [-0.1, -0.05) is 122 Å². The van der Waals surface area contributed by atoms with Crippen LogP contribution in [0.15, 0.2) is 18.2 Å². The predicted molar refractivity (Wildman–Crippen MR) is 160 cm³/mol. The molecule has 0 bridgehead atoms. The topological polar surface area (TPSA) is 95.3 Å². The lowest BCUT2D eigenvalue weighted by molar-refractivity contribution is -0.121. The molecule has 7 nitrogen and oxygen atoms in total. The summed E-state index contributed by atoms with van der Waals surface area (Å²) in [7, 11) is 0. The number of aromatic nitrogens is 4. The Morgan fingerprint density at radius 1 is 0.974 bits per heavy atom. The molecule has 3 aromatic rings. The summed E-state index contributed by atoms with van der Waals surface area (Å²) in [6, 6.07) is 5.30. The van der Waals surface area contributed by atoms with E-state index in [0.717, 1.165) is 24.1 Å². The predicted octanol–water partition coefficient (Wildman–Crippen LogP) is 8.48. The van der Waals surface area contributed by atoms with Crippen LogP contribution >= 0.6 is 11.6 Å². The first-order chi connectivity index (χ1) is 18.7. The molecule has 2 aromatic heterocycles. The van der Waals surface area contributed by atoms with E-state index in [2.05, 4.69) is 48.2 Å². The largest absolute Gasteiger partial charge is 0.507 e. The zero-order valence-corrected chi connectivity index (χ0v) is 25.2. The molecule has 8 heteroatoms. The molecule has 3 N–H and O–H groups in total. The van der Waals surface area contributed by atoms with Gasteiger partial charge >= 0.3 is 0 Å². The number of hydrogen-bond donors (Lipinski definition) is 3. The highest BCUT2D eigenvalue weighted by molar-refractivity contribution is 6.34. The van der Waals surface area contributed by atoms with E-state index < -0.39 is 0 Å². The second-order valence-electron chi connectivity index (χ2n) is 11.8. The van der Waals surface area contributed by atoms with E-state index in [0.29, 0.717) is 35.0 Å². The van der Waals surface area contributed by atoms with Crippen molar-refractivity contribution < 1.29 is 9.90 Å². The lowest BCUT2D eigenvalue weighted by Gasteiger charge is -2.16. The molecule has 0 atom stereocenters. The highest BCUT2D eigenvalue weighted by Gasteiger charge is 2.24. The number of aromatic hydroxyl groups is 1. The second kappa shape index (κ2) is 15.3. The van der Waals surface area contributed by atoms with Crippen molar-refractivity contribution in [2.75, 3.05) is 0 Å². The Bertz CT molecular complexity index is 1180. The van der Waals surface area contributed by atoms with Gasteiger partial charge in [0.1, 0.15) is 10.8 Å². The number of amides is 1. The highest BCUT2D eigenvalue weighted by Crippen LogP contribution is 2.33. The van der Waals surface area contributed by atoms with Gasteiger partial charge in [0.05, 0.1) is 11.3 Å². The Morgan fingerprint density at radius 3 is 2.10 bits per heavy atom. The number of carbonyl (C=O) groups is 1. The number of hydrogen-bond acceptors (Lipinski definition) is 4. The first-order valence-electron chi connectivity index (χ1n) is 14.9. The summed E-state index contributed by atoms with van der Waals surface area (Å²) in [5.41, 5.74) is 2.57. The van der Waals surface area contributed by atoms with Crippen LogP contribution in [0.1, 0.15) is 129 Å². The average molecular weight is 558 g/mol. The third kappa shape index (κ3) is 9.55. The molecule has 216 valence electrons. The number of fused-ring (bicyclic) bond motifs is 1. The molecule has 0 aliphatic heterocycles. The number of rotatable bonds is 17. The molecule has 0 fully saturated rings. The number of nitrogens with zero attached hydrogens (tertiary/aromatic N) is 3. The van der Waals surface area contributed by atoms with Crippen LogP contribution in [-0.2, 0) is 16.8 Å². The fourth-order valence-electron chi connectivity index (χ4n) is 4.88. The lowest BCUT2D eigenvalue weighted by atomic mass is 9.92. The van der Waals surface area contributed by atoms with Crippen LogP contribution in [0, 0.1) is 0 Å². The van der Waals surface area contributed by atoms with Gasteiger partial charge < -0.3 is 10.4 Å². The van der Waals surface area contributed by atoms with Crippen LogP contribution in [0.25, 0.3) is 17.0 Å². The molecular weight excluding hydrogens is 510 g/mol. The molecule has 0 aliphatic carbocycles. The zero-order chi connectivity index (χ0) is 28.3. The maximum Gasteiger partial charge on any atom is 0.220 e. The van der Waals surface area contributed by atoms with Gasteiger partial charge in [-0.2, -0.15) is 4.63 Å². The van der Waals surface area contributed by atoms with E-state index in [1.165, 1.54) is 70.6 Å². The van der Waals surface area contributed by atoms with Crippen LogP contribution in [0.2, 0.25) is 5.02 Å². The summed E-state index contributed by atoms with van der Waals surface area (Å²) in [6.07, 6.45) is 17.4. The fraction of sp³-hybridized carbons (Fsp3) is 0.645. The summed E-state index contributed by atoms with van der Waals surface area (Å²) in [5.74, 6) is 0.508. The smallest absolute Gasteiger partial charge is 0.220 e. The minimum Gasteiger partial charge on any atom is -0.507 e. The average Bonchev–Trinajstić information content (AvgIpc) is 3.44. The SMILES string of the molecule is CCCCCCCCCCCCCCCC(=O)NCc1ccc(-c2nc3c(Cl)c(C(C)(C)C)[nH]n3n2)c(O)c1. The third-order valence-electron chi connectivity index (χ3n) is 7.29. The van der Waals surface area contributed by atoms with Gasteiger partial charge in [0.25, 0.3) is 0 Å². The molecule has 0 saturated heterocycles. The maximum atomic E-state index is 12.3. The monoisotopic (exact) mass is 557 g/mol. The van der Waals surface area contributed by atoms with Crippen molar-refractivity contribution in [1.82, 2.24) is 25.1 Å². The van der Waals surface area contributed by atoms with E-state index in [-0.39, 0.29) is 17.1 Å². The molecule has 1 amide bonds. The van der Waals surface area contributed by atoms with E-state index in [1.54, 1.807) is 16.8 Å². The van der Waals surface area contributed by atoms with Gasteiger partial charge in [0.15, 0.2) is 11.5 Å². The standard InChI is InChI=1S/C31H48ClN5O2/c1-5-6-7-8-9-10-11-12-13-14-15-16-17-18-26(39)33-22-23-19-20-24(25(38)21-23)29-34-30-27(32)28(31(2,3)4)35-37(30)36-29/h19-21,35,38H,5-18,22H2,1-4H3,(H,33,39). The first kappa shape index (κ1) is 31.0. The number of carbonyl (C=O) groups excluding carboxylic acids is 1. The van der Waals surface area contributed by atoms with Crippen molar-refractivity contribution in [2.45, 2.75) is 130 Å². The Balaban J connectivity index is 1.33. The second-order valence-corrected chi connectivity index (χ2v) is 12.2. The van der Waals surface area contributed by atoms with Gasteiger partial charge in [-0.25, -0.2) is 4.98 Å². The first-order valence-corrected chi connectivity index (χ1v) is 15.3. The summed E-state index contributed by atoms with van der Waals surface area (Å²) < 4.78 is 1.54. The van der Waals surface area contributed by atoms with Crippen molar-refractivity contribution in [3.05, 3.63) is 34.5 Å². The molecule has 0 spiro atoms. The van der Waals surface area contributed by atoms with Crippen molar-refractivity contribution in [3.8, 4) is 17.1 Å². The van der Waals surface area contributed by atoms with Gasteiger partial charge in [0.2, 0.25) is 5.91 Å². The number of phenolic OH excluding ortho intramolecular Hbond substituents is 1. The van der Waals surface area contributed by atoms with Gasteiger partial charge in [-0.15, -0.1) is 5.10 Å². The fourth-order valence-corrected chi connectivity index (χ4v) is 5.33. The summed E-state index contributed by atoms with van der Waals surface area (Å²) >= 11 is 6.52. The Hall–Kier alpha value is -2.54. The van der Waals surface area contributed by atoms with Crippen molar-refractivity contribution in [3.63, 3.8) is 0 Å². The Morgan fingerprint density at radius 2 is 1.56 bits per heavy atom. The Kier molecular flexibility index (Phi) is 12.2. The number of aromatic amines is 1. The minimum absolute atomic E-state index is 0.0518. The van der Waals surface area contributed by atoms with E-state index >= 15 is 0 Å². The molecular formula is C31H48ClN5O2. The van der Waals surface area contributed by atoms with Gasteiger partial charge in [0, 0.05) is 18.4 Å². The highest BCUT2D eigenvalue weighted by atomic mass is 35.5. The van der Waals surface area contributed by atoms with E-state index in [4.69, 9.17) is 11.6 Å². The molecule has 39 heavy (non-hydrogen) atoms. The number of nitrogens with one attached hydrogen (secondary N) is 2. The lowest BCUT2D eigenvalue weighted by Crippen LogP contribution is -2.22. The summed E-state index contributed by atoms with van der Waals surface area (Å²) in [4.78, 5) is 16.8. The van der Waals surface area contributed by atoms with Crippen molar-refractivity contribution >= 4 is 23.2 Å². The molecule has 0 saturated carbocycles. The molecule has 0 aliphatic rings. The zero-order valence-electron chi connectivity index (χ0n) is 24.4. The quantitative estimate of drug-likeness (QED) is 0.145. The number of benzene rings is 1.